The van der Waals surface area contributed by atoms with Crippen molar-refractivity contribution in [3.63, 3.8) is 0 Å². The van der Waals surface area contributed by atoms with Crippen LogP contribution < -0.4 is 14.6 Å². The van der Waals surface area contributed by atoms with E-state index in [4.69, 9.17) is 5.14 Å². The monoisotopic (exact) mass is 312 g/mol. The van der Waals surface area contributed by atoms with Gasteiger partial charge in [0.2, 0.25) is 0 Å². The third-order valence-corrected chi connectivity index (χ3v) is 5.50. The van der Waals surface area contributed by atoms with Gasteiger partial charge in [-0.05, 0) is 31.6 Å². The van der Waals surface area contributed by atoms with Crippen LogP contribution in [0.5, 0.6) is 0 Å². The van der Waals surface area contributed by atoms with Crippen LogP contribution in [-0.4, -0.2) is 46.8 Å². The second kappa shape index (κ2) is 5.62. The maximum atomic E-state index is 12.0. The van der Waals surface area contributed by atoms with Crippen LogP contribution in [0.2, 0.25) is 0 Å². The maximum absolute atomic E-state index is 12.0. The van der Waals surface area contributed by atoms with E-state index < -0.39 is 20.4 Å². The number of nitrogens with one attached hydrogen (secondary N) is 2. The highest BCUT2D eigenvalue weighted by Gasteiger charge is 2.33. The van der Waals surface area contributed by atoms with Gasteiger partial charge in [-0.15, -0.1) is 0 Å². The Morgan fingerprint density at radius 1 is 1.16 bits per heavy atom. The molecule has 0 radical (unpaired) electrons. The summed E-state index contributed by atoms with van der Waals surface area (Å²) in [5.74, 6) is -0.0390. The first-order valence-electron chi connectivity index (χ1n) is 6.31. The summed E-state index contributed by atoms with van der Waals surface area (Å²) in [5.41, 5.74) is 0. The Labute approximate surface area is 114 Å². The molecule has 19 heavy (non-hydrogen) atoms. The Hall–Kier alpha value is -0.260. The molecule has 4 N–H and O–H groups in total. The Balaban J connectivity index is 1.89. The van der Waals surface area contributed by atoms with Crippen molar-refractivity contribution in [1.82, 2.24) is 13.7 Å². The molecule has 1 atom stereocenters. The van der Waals surface area contributed by atoms with Gasteiger partial charge in [0.25, 0.3) is 20.4 Å². The molecule has 2 fully saturated rings. The van der Waals surface area contributed by atoms with Gasteiger partial charge in [-0.2, -0.15) is 25.9 Å². The standard InChI is InChI=1S/C9H20N4O4S2/c10-18(14,15)11-6-8-2-1-5-13(7-8)19(16,17)12-9-3-4-9/h8-9,11-12H,1-7H2,(H2,10,14,15). The van der Waals surface area contributed by atoms with Gasteiger partial charge < -0.3 is 0 Å². The minimum Gasteiger partial charge on any atom is -0.216 e. The molecule has 8 nitrogen and oxygen atoms in total. The number of hydrogen-bond acceptors (Lipinski definition) is 4. The number of nitrogens with two attached hydrogens (primary N) is 1. The highest BCUT2D eigenvalue weighted by molar-refractivity contribution is 7.87. The van der Waals surface area contributed by atoms with Crippen molar-refractivity contribution in [2.45, 2.75) is 31.7 Å². The summed E-state index contributed by atoms with van der Waals surface area (Å²) in [6, 6.07) is 0.0768. The van der Waals surface area contributed by atoms with Gasteiger partial charge >= 0.3 is 0 Å². The fourth-order valence-corrected chi connectivity index (χ4v) is 4.18. The molecule has 1 heterocycles. The second-order valence-corrected chi connectivity index (χ2v) is 8.24. The summed E-state index contributed by atoms with van der Waals surface area (Å²) in [4.78, 5) is 0. The Morgan fingerprint density at radius 2 is 1.84 bits per heavy atom. The molecular weight excluding hydrogens is 292 g/mol. The van der Waals surface area contributed by atoms with E-state index in [0.717, 1.165) is 25.7 Å². The van der Waals surface area contributed by atoms with Crippen molar-refractivity contribution in [2.75, 3.05) is 19.6 Å². The molecule has 0 aromatic rings. The fraction of sp³-hybridized carbons (Fsp3) is 1.00. The van der Waals surface area contributed by atoms with Crippen LogP contribution in [0, 0.1) is 5.92 Å². The first kappa shape index (κ1) is 15.1. The fourth-order valence-electron chi connectivity index (χ4n) is 2.13. The summed E-state index contributed by atoms with van der Waals surface area (Å²) in [5, 5.41) is 4.86. The predicted octanol–water partition coefficient (Wildman–Crippen LogP) is -1.51. The molecule has 1 saturated carbocycles. The summed E-state index contributed by atoms with van der Waals surface area (Å²) in [6.07, 6.45) is 3.30. The molecule has 2 aliphatic rings. The number of rotatable bonds is 6. The topological polar surface area (TPSA) is 122 Å². The molecule has 0 spiro atoms. The number of piperidine rings is 1. The molecule has 1 aliphatic heterocycles. The molecule has 1 aliphatic carbocycles. The number of hydrogen-bond donors (Lipinski definition) is 3. The van der Waals surface area contributed by atoms with Gasteiger partial charge in [0.1, 0.15) is 0 Å². The van der Waals surface area contributed by atoms with E-state index >= 15 is 0 Å². The van der Waals surface area contributed by atoms with Crippen LogP contribution in [0.3, 0.4) is 0 Å². The van der Waals surface area contributed by atoms with E-state index in [-0.39, 0.29) is 18.5 Å². The molecule has 2 rings (SSSR count). The zero-order chi connectivity index (χ0) is 14.1. The zero-order valence-electron chi connectivity index (χ0n) is 10.6. The molecular formula is C9H20N4O4S2. The minimum atomic E-state index is -3.72. The Kier molecular flexibility index (Phi) is 4.48. The van der Waals surface area contributed by atoms with Crippen LogP contribution in [0.15, 0.2) is 0 Å². The second-order valence-electron chi connectivity index (χ2n) is 5.16. The largest absolute Gasteiger partial charge is 0.279 e. The molecule has 112 valence electrons. The van der Waals surface area contributed by atoms with Crippen LogP contribution >= 0.6 is 0 Å². The summed E-state index contributed by atoms with van der Waals surface area (Å²) < 4.78 is 52.0. The molecule has 1 saturated heterocycles. The van der Waals surface area contributed by atoms with Crippen LogP contribution in [0.25, 0.3) is 0 Å². The maximum Gasteiger partial charge on any atom is 0.279 e. The average Bonchev–Trinajstić information content (AvgIpc) is 3.09. The van der Waals surface area contributed by atoms with Gasteiger partial charge in [-0.3, -0.25) is 0 Å². The molecule has 1 unspecified atom stereocenters. The summed E-state index contributed by atoms with van der Waals surface area (Å²) in [6.45, 7) is 0.979. The lowest BCUT2D eigenvalue weighted by molar-refractivity contribution is 0.264. The van der Waals surface area contributed by atoms with E-state index in [2.05, 4.69) is 9.44 Å². The first-order chi connectivity index (χ1) is 8.76. The third-order valence-electron chi connectivity index (χ3n) is 3.29. The van der Waals surface area contributed by atoms with Crippen LogP contribution in [-0.2, 0) is 20.4 Å². The number of nitrogens with zero attached hydrogens (tertiary/aromatic N) is 1. The minimum absolute atomic E-state index is 0.0390. The van der Waals surface area contributed by atoms with Crippen LogP contribution in [0.4, 0.5) is 0 Å². The SMILES string of the molecule is NS(=O)(=O)NCC1CCCN(S(=O)(=O)NC2CC2)C1. The van der Waals surface area contributed by atoms with E-state index in [1.54, 1.807) is 0 Å². The molecule has 10 heteroatoms. The van der Waals surface area contributed by atoms with Gasteiger partial charge in [0.15, 0.2) is 0 Å². The Morgan fingerprint density at radius 3 is 2.42 bits per heavy atom. The van der Waals surface area contributed by atoms with Gasteiger partial charge in [0, 0.05) is 25.7 Å². The van der Waals surface area contributed by atoms with E-state index in [0.29, 0.717) is 13.1 Å². The quantitative estimate of drug-likeness (QED) is 0.552. The molecule has 0 amide bonds. The third kappa shape index (κ3) is 4.97. The van der Waals surface area contributed by atoms with E-state index in [1.807, 2.05) is 0 Å². The highest BCUT2D eigenvalue weighted by atomic mass is 32.2. The molecule has 0 bridgehead atoms. The van der Waals surface area contributed by atoms with Gasteiger partial charge in [-0.1, -0.05) is 0 Å². The summed E-state index contributed by atoms with van der Waals surface area (Å²) in [7, 11) is -7.15. The highest BCUT2D eigenvalue weighted by Crippen LogP contribution is 2.23. The molecule has 0 aromatic heterocycles. The van der Waals surface area contributed by atoms with Crippen molar-refractivity contribution in [2.24, 2.45) is 11.1 Å². The van der Waals surface area contributed by atoms with Crippen molar-refractivity contribution in [3.8, 4) is 0 Å². The van der Waals surface area contributed by atoms with Crippen LogP contribution in [0.1, 0.15) is 25.7 Å². The Bertz CT molecular complexity index is 514. The lowest BCUT2D eigenvalue weighted by Gasteiger charge is -2.31. The van der Waals surface area contributed by atoms with Crippen molar-refractivity contribution >= 4 is 20.4 Å². The van der Waals surface area contributed by atoms with Gasteiger partial charge in [-0.25, -0.2) is 9.86 Å². The van der Waals surface area contributed by atoms with Crippen molar-refractivity contribution in [1.29, 1.82) is 0 Å². The summed E-state index contributed by atoms with van der Waals surface area (Å²) >= 11 is 0. The lowest BCUT2D eigenvalue weighted by atomic mass is 10.0. The smallest absolute Gasteiger partial charge is 0.216 e. The average molecular weight is 312 g/mol. The van der Waals surface area contributed by atoms with E-state index in [1.165, 1.54) is 4.31 Å². The molecule has 0 aromatic carbocycles. The normalized spacial score (nSPS) is 26.5. The van der Waals surface area contributed by atoms with Gasteiger partial charge in [0.05, 0.1) is 0 Å². The first-order valence-corrected chi connectivity index (χ1v) is 9.30. The lowest BCUT2D eigenvalue weighted by Crippen LogP contribution is -2.48. The van der Waals surface area contributed by atoms with Crippen molar-refractivity contribution in [3.05, 3.63) is 0 Å². The van der Waals surface area contributed by atoms with E-state index in [9.17, 15) is 16.8 Å². The zero-order valence-corrected chi connectivity index (χ0v) is 12.2. The predicted molar refractivity (Wildman–Crippen MR) is 70.5 cm³/mol. The van der Waals surface area contributed by atoms with Crippen molar-refractivity contribution < 1.29 is 16.8 Å².